The zero-order valence-corrected chi connectivity index (χ0v) is 17.1. The summed E-state index contributed by atoms with van der Waals surface area (Å²) < 4.78 is 39.4. The fourth-order valence-electron chi connectivity index (χ4n) is 4.18. The molecule has 0 radical (unpaired) electrons. The van der Waals surface area contributed by atoms with E-state index in [0.717, 1.165) is 31.8 Å². The largest absolute Gasteiger partial charge is 0.473 e. The van der Waals surface area contributed by atoms with Crippen LogP contribution in [-0.2, 0) is 22.3 Å². The van der Waals surface area contributed by atoms with E-state index in [1.807, 2.05) is 0 Å². The Morgan fingerprint density at radius 2 is 1.63 bits per heavy atom. The third-order valence-electron chi connectivity index (χ3n) is 5.66. The predicted molar refractivity (Wildman–Crippen MR) is 105 cm³/mol. The van der Waals surface area contributed by atoms with Crippen LogP contribution in [-0.4, -0.2) is 64.2 Å². The Morgan fingerprint density at radius 1 is 1.03 bits per heavy atom. The number of piperidine rings is 2. The Bertz CT molecular complexity index is 706. The molecule has 0 bridgehead atoms. The smallest absolute Gasteiger partial charge is 0.416 e. The zero-order chi connectivity index (χ0) is 22.3. The van der Waals surface area contributed by atoms with Gasteiger partial charge in [0.25, 0.3) is 0 Å². The summed E-state index contributed by atoms with van der Waals surface area (Å²) in [4.78, 5) is 23.0. The molecule has 2 heterocycles. The Hall–Kier alpha value is -2.13. The molecule has 1 aromatic carbocycles. The number of aliphatic carboxylic acids is 2. The summed E-state index contributed by atoms with van der Waals surface area (Å²) in [6.07, 6.45) is 0.477. The molecule has 2 saturated heterocycles. The van der Waals surface area contributed by atoms with Crippen LogP contribution in [0, 0.1) is 5.92 Å². The lowest BCUT2D eigenvalue weighted by atomic mass is 9.95. The van der Waals surface area contributed by atoms with Crippen molar-refractivity contribution in [2.75, 3.05) is 26.2 Å². The summed E-state index contributed by atoms with van der Waals surface area (Å²) in [5, 5.41) is 14.8. The molecule has 2 aliphatic heterocycles. The number of rotatable bonds is 3. The van der Waals surface area contributed by atoms with Gasteiger partial charge in [0.2, 0.25) is 0 Å². The first-order chi connectivity index (χ1) is 14.1. The van der Waals surface area contributed by atoms with Crippen molar-refractivity contribution in [2.24, 2.45) is 5.92 Å². The molecule has 2 N–H and O–H groups in total. The van der Waals surface area contributed by atoms with Gasteiger partial charge in [-0.1, -0.05) is 25.1 Å². The lowest BCUT2D eigenvalue weighted by Crippen LogP contribution is -2.48. The summed E-state index contributed by atoms with van der Waals surface area (Å²) in [5.74, 6) is -2.87. The molecule has 2 aliphatic rings. The van der Waals surface area contributed by atoms with E-state index in [2.05, 4.69) is 16.7 Å². The van der Waals surface area contributed by atoms with Crippen molar-refractivity contribution in [3.63, 3.8) is 0 Å². The van der Waals surface area contributed by atoms with Gasteiger partial charge in [-0.25, -0.2) is 9.59 Å². The number of likely N-dealkylation sites (tertiary alicyclic amines) is 2. The maximum Gasteiger partial charge on any atom is 0.416 e. The highest BCUT2D eigenvalue weighted by Gasteiger charge is 2.34. The van der Waals surface area contributed by atoms with Gasteiger partial charge in [-0.05, 0) is 62.9 Å². The Labute approximate surface area is 174 Å². The number of benzene rings is 1. The second-order valence-corrected chi connectivity index (χ2v) is 8.01. The number of hydrogen-bond acceptors (Lipinski definition) is 4. The van der Waals surface area contributed by atoms with Crippen LogP contribution in [0.2, 0.25) is 0 Å². The molecule has 168 valence electrons. The van der Waals surface area contributed by atoms with Crippen molar-refractivity contribution in [1.29, 1.82) is 0 Å². The highest BCUT2D eigenvalue weighted by Crippen LogP contribution is 2.33. The van der Waals surface area contributed by atoms with Crippen LogP contribution >= 0.6 is 0 Å². The highest BCUT2D eigenvalue weighted by molar-refractivity contribution is 6.27. The van der Waals surface area contributed by atoms with E-state index < -0.39 is 23.7 Å². The molecule has 2 fully saturated rings. The van der Waals surface area contributed by atoms with Gasteiger partial charge in [0.15, 0.2) is 0 Å². The molecular weight excluding hydrogens is 401 g/mol. The van der Waals surface area contributed by atoms with Crippen molar-refractivity contribution in [3.8, 4) is 0 Å². The number of carboxylic acids is 2. The summed E-state index contributed by atoms with van der Waals surface area (Å²) in [5.41, 5.74) is -0.0907. The van der Waals surface area contributed by atoms with Crippen molar-refractivity contribution < 1.29 is 33.0 Å². The standard InChI is InChI=1S/C19H27F3N2.C2H2O4/c1-15-5-4-10-24(13-15)17-8-11-23(12-9-17)14-16-6-2-3-7-18(16)19(20,21)22;3-1(4)2(5)6/h2-3,6-7,15,17H,4-5,8-14H2,1H3;(H,3,4)(H,5,6). The molecule has 1 atom stereocenters. The van der Waals surface area contributed by atoms with Crippen LogP contribution in [0.5, 0.6) is 0 Å². The molecule has 0 aromatic heterocycles. The third-order valence-corrected chi connectivity index (χ3v) is 5.66. The monoisotopic (exact) mass is 430 g/mol. The number of carboxylic acid groups (broad SMARTS) is 2. The normalized spacial score (nSPS) is 21.5. The second-order valence-electron chi connectivity index (χ2n) is 8.01. The number of halogens is 3. The number of carbonyl (C=O) groups is 2. The number of hydrogen-bond donors (Lipinski definition) is 2. The predicted octanol–water partition coefficient (Wildman–Crippen LogP) is 3.56. The molecule has 0 saturated carbocycles. The molecule has 0 aliphatic carbocycles. The van der Waals surface area contributed by atoms with E-state index in [1.165, 1.54) is 38.1 Å². The topological polar surface area (TPSA) is 81.1 Å². The Balaban J connectivity index is 0.000000469. The first-order valence-corrected chi connectivity index (χ1v) is 10.2. The maximum atomic E-state index is 13.1. The van der Waals surface area contributed by atoms with Gasteiger partial charge in [-0.15, -0.1) is 0 Å². The molecular formula is C21H29F3N2O4. The lowest BCUT2D eigenvalue weighted by Gasteiger charge is -2.42. The summed E-state index contributed by atoms with van der Waals surface area (Å²) >= 11 is 0. The van der Waals surface area contributed by atoms with Gasteiger partial charge >= 0.3 is 18.1 Å². The van der Waals surface area contributed by atoms with Gasteiger partial charge in [0.05, 0.1) is 5.56 Å². The van der Waals surface area contributed by atoms with Gasteiger partial charge in [0.1, 0.15) is 0 Å². The van der Waals surface area contributed by atoms with E-state index in [1.54, 1.807) is 12.1 Å². The molecule has 1 unspecified atom stereocenters. The average Bonchev–Trinajstić information content (AvgIpc) is 2.68. The van der Waals surface area contributed by atoms with Crippen LogP contribution in [0.25, 0.3) is 0 Å². The van der Waals surface area contributed by atoms with Crippen LogP contribution in [0.15, 0.2) is 24.3 Å². The van der Waals surface area contributed by atoms with E-state index in [-0.39, 0.29) is 0 Å². The van der Waals surface area contributed by atoms with Crippen molar-refractivity contribution in [1.82, 2.24) is 9.80 Å². The maximum absolute atomic E-state index is 13.1. The third kappa shape index (κ3) is 7.28. The molecule has 3 rings (SSSR count). The van der Waals surface area contributed by atoms with Crippen LogP contribution in [0.4, 0.5) is 13.2 Å². The minimum Gasteiger partial charge on any atom is -0.473 e. The molecule has 9 heteroatoms. The molecule has 0 spiro atoms. The second kappa shape index (κ2) is 10.8. The van der Waals surface area contributed by atoms with E-state index >= 15 is 0 Å². The van der Waals surface area contributed by atoms with E-state index in [4.69, 9.17) is 19.8 Å². The van der Waals surface area contributed by atoms with Crippen molar-refractivity contribution >= 4 is 11.9 Å². The summed E-state index contributed by atoms with van der Waals surface area (Å²) in [6, 6.07) is 6.59. The van der Waals surface area contributed by atoms with Crippen LogP contribution < -0.4 is 0 Å². The van der Waals surface area contributed by atoms with Crippen molar-refractivity contribution in [3.05, 3.63) is 35.4 Å². The van der Waals surface area contributed by atoms with Crippen LogP contribution in [0.3, 0.4) is 0 Å². The molecule has 30 heavy (non-hydrogen) atoms. The SMILES string of the molecule is CC1CCCN(C2CCN(Cc3ccccc3C(F)(F)F)CC2)C1.O=C(O)C(=O)O. The van der Waals surface area contributed by atoms with Gasteiger partial charge in [-0.3, -0.25) is 4.90 Å². The van der Waals surface area contributed by atoms with Crippen LogP contribution in [0.1, 0.15) is 43.7 Å². The fourth-order valence-corrected chi connectivity index (χ4v) is 4.18. The van der Waals surface area contributed by atoms with Gasteiger partial charge < -0.3 is 15.1 Å². The summed E-state index contributed by atoms with van der Waals surface area (Å²) in [6.45, 7) is 6.87. The lowest BCUT2D eigenvalue weighted by molar-refractivity contribution is -0.159. The summed E-state index contributed by atoms with van der Waals surface area (Å²) in [7, 11) is 0. The average molecular weight is 430 g/mol. The Morgan fingerprint density at radius 3 is 2.17 bits per heavy atom. The molecule has 0 amide bonds. The van der Waals surface area contributed by atoms with E-state index in [9.17, 15) is 13.2 Å². The van der Waals surface area contributed by atoms with Gasteiger partial charge in [-0.2, -0.15) is 13.2 Å². The zero-order valence-electron chi connectivity index (χ0n) is 17.1. The fraction of sp³-hybridized carbons (Fsp3) is 0.619. The Kier molecular flexibility index (Phi) is 8.66. The highest BCUT2D eigenvalue weighted by atomic mass is 19.4. The molecule has 6 nitrogen and oxygen atoms in total. The van der Waals surface area contributed by atoms with Gasteiger partial charge in [0, 0.05) is 19.1 Å². The number of nitrogens with zero attached hydrogens (tertiary/aromatic N) is 2. The van der Waals surface area contributed by atoms with E-state index in [0.29, 0.717) is 18.2 Å². The number of alkyl halides is 3. The first-order valence-electron chi connectivity index (χ1n) is 10.2. The quantitative estimate of drug-likeness (QED) is 0.714. The first kappa shape index (κ1) is 24.1. The minimum absolute atomic E-state index is 0.398. The minimum atomic E-state index is -4.27. The van der Waals surface area contributed by atoms with Crippen molar-refractivity contribution in [2.45, 2.75) is 51.4 Å². The molecule has 1 aromatic rings.